The van der Waals surface area contributed by atoms with Crippen molar-refractivity contribution < 1.29 is 63.1 Å². The van der Waals surface area contributed by atoms with E-state index in [-0.39, 0.29) is 60.0 Å². The molecule has 5 rings (SSSR count). The highest BCUT2D eigenvalue weighted by atomic mass is 32.2. The summed E-state index contributed by atoms with van der Waals surface area (Å²) in [7, 11) is -14.4. The normalized spacial score (nSPS) is 14.0. The molecule has 0 bridgehead atoms. The molecule has 22 heteroatoms. The van der Waals surface area contributed by atoms with E-state index in [1.165, 1.54) is 24.3 Å². The number of anilines is 1. The van der Waals surface area contributed by atoms with Crippen LogP contribution in [0.2, 0.25) is 0 Å². The number of amides is 3. The van der Waals surface area contributed by atoms with Crippen LogP contribution in [-0.4, -0.2) is 93.4 Å². The molecule has 8 N–H and O–H groups in total. The van der Waals surface area contributed by atoms with E-state index in [9.17, 15) is 54.1 Å². The summed E-state index contributed by atoms with van der Waals surface area (Å²) in [5, 5.41) is 20.1. The van der Waals surface area contributed by atoms with Crippen LogP contribution in [0.3, 0.4) is 0 Å². The van der Waals surface area contributed by atoms with Crippen molar-refractivity contribution in [3.63, 3.8) is 0 Å². The lowest BCUT2D eigenvalue weighted by Crippen LogP contribution is -2.37. The fraction of sp³-hybridized carbons (Fsp3) is 0.233. The molecule has 0 radical (unpaired) electrons. The molecule has 1 fully saturated rings. The van der Waals surface area contributed by atoms with Gasteiger partial charge in [-0.1, -0.05) is 6.07 Å². The lowest BCUT2D eigenvalue weighted by atomic mass is 9.89. The second-order valence-corrected chi connectivity index (χ2v) is 16.1. The Balaban J connectivity index is 1.70. The summed E-state index contributed by atoms with van der Waals surface area (Å²) >= 11 is 0. The van der Waals surface area contributed by atoms with Crippen molar-refractivity contribution in [2.24, 2.45) is 0 Å². The molecular weight excluding hydrogens is 751 g/mol. The SMILES string of the molecule is N=c1ccc2c(-c3ccc(C(=O)NCCN4C(=O)CCC4=O)cc3C(=O)O)c3ccc(N)c(S(=O)(=O)NCCCS(=O)(=O)O)c3oc-2c1S(=O)(=O)O. The Morgan fingerprint density at radius 2 is 1.56 bits per heavy atom. The molecule has 2 aliphatic heterocycles. The summed E-state index contributed by atoms with van der Waals surface area (Å²) in [6.45, 7) is -0.786. The summed E-state index contributed by atoms with van der Waals surface area (Å²) in [6, 6.07) is 7.89. The van der Waals surface area contributed by atoms with Gasteiger partial charge in [-0.2, -0.15) is 16.8 Å². The van der Waals surface area contributed by atoms with Crippen molar-refractivity contribution in [2.75, 3.05) is 31.1 Å². The van der Waals surface area contributed by atoms with Gasteiger partial charge >= 0.3 is 5.97 Å². The average Bonchev–Trinajstić information content (AvgIpc) is 3.36. The van der Waals surface area contributed by atoms with Gasteiger partial charge in [-0.15, -0.1) is 0 Å². The minimum Gasteiger partial charge on any atom is -0.478 e. The summed E-state index contributed by atoms with van der Waals surface area (Å²) < 4.78 is 101. The number of nitrogens with zero attached hydrogens (tertiary/aromatic N) is 1. The molecular formula is C30H29N5O14S3. The number of nitrogens with one attached hydrogen (secondary N) is 3. The molecule has 2 aromatic rings. The van der Waals surface area contributed by atoms with E-state index in [0.29, 0.717) is 0 Å². The summed E-state index contributed by atoms with van der Waals surface area (Å²) in [5.74, 6) is -4.71. The van der Waals surface area contributed by atoms with Crippen LogP contribution in [0, 0.1) is 5.41 Å². The summed E-state index contributed by atoms with van der Waals surface area (Å²) in [6.07, 6.45) is -0.275. The van der Waals surface area contributed by atoms with Crippen molar-refractivity contribution >= 4 is 70.6 Å². The Labute approximate surface area is 294 Å². The molecule has 19 nitrogen and oxygen atoms in total. The fourth-order valence-electron chi connectivity index (χ4n) is 5.68. The van der Waals surface area contributed by atoms with Crippen molar-refractivity contribution in [3.05, 3.63) is 58.9 Å². The third-order valence-corrected chi connectivity index (χ3v) is 11.2. The number of carboxylic acids is 1. The van der Waals surface area contributed by atoms with E-state index in [2.05, 4.69) is 10.0 Å². The summed E-state index contributed by atoms with van der Waals surface area (Å²) in [5.41, 5.74) is 3.67. The largest absolute Gasteiger partial charge is 0.478 e. The zero-order chi connectivity index (χ0) is 38.3. The van der Waals surface area contributed by atoms with Gasteiger partial charge in [-0.05, 0) is 48.4 Å². The highest BCUT2D eigenvalue weighted by molar-refractivity contribution is 7.90. The molecule has 1 aliphatic carbocycles. The molecule has 0 saturated carbocycles. The van der Waals surface area contributed by atoms with Crippen molar-refractivity contribution in [2.45, 2.75) is 29.1 Å². The number of imide groups is 1. The van der Waals surface area contributed by atoms with Crippen LogP contribution in [0.5, 0.6) is 0 Å². The number of hydrogen-bond donors (Lipinski definition) is 7. The van der Waals surface area contributed by atoms with E-state index in [1.807, 2.05) is 0 Å². The average molecular weight is 780 g/mol. The van der Waals surface area contributed by atoms with Crippen LogP contribution in [-0.2, 0) is 39.8 Å². The van der Waals surface area contributed by atoms with E-state index in [1.54, 1.807) is 0 Å². The van der Waals surface area contributed by atoms with Gasteiger partial charge in [0.15, 0.2) is 16.2 Å². The van der Waals surface area contributed by atoms with Crippen LogP contribution in [0.4, 0.5) is 5.69 Å². The Hall–Kier alpha value is -5.26. The van der Waals surface area contributed by atoms with Crippen molar-refractivity contribution in [3.8, 4) is 22.5 Å². The van der Waals surface area contributed by atoms with Crippen molar-refractivity contribution in [1.82, 2.24) is 14.9 Å². The summed E-state index contributed by atoms with van der Waals surface area (Å²) in [4.78, 5) is 48.6. The minimum absolute atomic E-state index is 0.0504. The molecule has 52 heavy (non-hydrogen) atoms. The Bertz CT molecular complexity index is 2530. The van der Waals surface area contributed by atoms with Gasteiger partial charge in [0.05, 0.1) is 22.4 Å². The number of aromatic carboxylic acids is 1. The highest BCUT2D eigenvalue weighted by Crippen LogP contribution is 2.45. The standard InChI is InChI=1S/C30H29N5O14S3/c31-20-6-4-17-24(16-3-2-15(14-19(16)30(39)40)29(38)33-11-12-35-22(36)8-9-23(35)37)18-5-7-21(32)28(52(46,47)48)26(18)49-25(17)27(20)51(44,45)34-10-1-13-50(41,42)43/h2-7,14,32,34H,1,8-13,31H2,(H,33,38)(H,39,40)(H,41,42,43)(H,46,47,48). The molecule has 0 spiro atoms. The van der Waals surface area contributed by atoms with Crippen molar-refractivity contribution in [1.29, 1.82) is 5.41 Å². The number of sulfonamides is 1. The lowest BCUT2D eigenvalue weighted by molar-refractivity contribution is -0.138. The van der Waals surface area contributed by atoms with Crippen LogP contribution in [0.25, 0.3) is 33.4 Å². The first-order valence-corrected chi connectivity index (χ1v) is 19.5. The number of carboxylic acid groups (broad SMARTS) is 1. The number of fused-ring (bicyclic) bond motifs is 2. The molecule has 3 amide bonds. The van der Waals surface area contributed by atoms with Gasteiger partial charge in [-0.25, -0.2) is 17.9 Å². The number of likely N-dealkylation sites (tertiary alicyclic amines) is 1. The molecule has 2 heterocycles. The monoisotopic (exact) mass is 779 g/mol. The Morgan fingerprint density at radius 3 is 2.17 bits per heavy atom. The molecule has 3 aliphatic rings. The number of rotatable bonds is 13. The maximum absolute atomic E-state index is 13.6. The van der Waals surface area contributed by atoms with Gasteiger partial charge in [0.1, 0.15) is 4.90 Å². The number of carbonyl (C=O) groups is 4. The molecule has 276 valence electrons. The van der Waals surface area contributed by atoms with E-state index in [4.69, 9.17) is 20.1 Å². The Morgan fingerprint density at radius 1 is 0.904 bits per heavy atom. The number of carbonyl (C=O) groups excluding carboxylic acids is 3. The first-order chi connectivity index (χ1) is 24.2. The third kappa shape index (κ3) is 7.66. The Kier molecular flexibility index (Phi) is 10.3. The van der Waals surface area contributed by atoms with Gasteiger partial charge in [0, 0.05) is 54.6 Å². The molecule has 0 atom stereocenters. The van der Waals surface area contributed by atoms with Gasteiger partial charge in [-0.3, -0.25) is 33.8 Å². The maximum Gasteiger partial charge on any atom is 0.336 e. The zero-order valence-corrected chi connectivity index (χ0v) is 29.0. The fourth-order valence-corrected chi connectivity index (χ4v) is 8.25. The predicted octanol–water partition coefficient (Wildman–Crippen LogP) is 0.646. The zero-order valence-electron chi connectivity index (χ0n) is 26.6. The number of nitrogen functional groups attached to an aromatic ring is 1. The highest BCUT2D eigenvalue weighted by Gasteiger charge is 2.33. The quantitative estimate of drug-likeness (QED) is 0.0322. The van der Waals surface area contributed by atoms with E-state index in [0.717, 1.165) is 23.1 Å². The van der Waals surface area contributed by atoms with Crippen LogP contribution >= 0.6 is 0 Å². The molecule has 1 saturated heterocycles. The van der Waals surface area contributed by atoms with Crippen LogP contribution in [0.1, 0.15) is 40.0 Å². The third-order valence-electron chi connectivity index (χ3n) is 7.95. The number of benzene rings is 3. The lowest BCUT2D eigenvalue weighted by Gasteiger charge is -2.21. The predicted molar refractivity (Wildman–Crippen MR) is 180 cm³/mol. The second-order valence-electron chi connectivity index (χ2n) is 11.4. The molecule has 0 unspecified atom stereocenters. The maximum atomic E-state index is 13.6. The van der Waals surface area contributed by atoms with E-state index < -0.39 is 104 Å². The second kappa shape index (κ2) is 14.0. The first kappa shape index (κ1) is 38.0. The number of hydrogen-bond acceptors (Lipinski definition) is 13. The smallest absolute Gasteiger partial charge is 0.336 e. The van der Waals surface area contributed by atoms with Gasteiger partial charge < -0.3 is 20.6 Å². The minimum atomic E-state index is -5.26. The van der Waals surface area contributed by atoms with Gasteiger partial charge in [0.2, 0.25) is 21.8 Å². The topological polar surface area (TPSA) is 322 Å². The number of nitrogens with two attached hydrogens (primary N) is 1. The molecule has 0 aromatic heterocycles. The first-order valence-electron chi connectivity index (χ1n) is 15.0. The molecule has 2 aromatic carbocycles. The van der Waals surface area contributed by atoms with Gasteiger partial charge in [0.25, 0.3) is 26.1 Å². The van der Waals surface area contributed by atoms with E-state index >= 15 is 0 Å². The van der Waals surface area contributed by atoms with Crippen LogP contribution < -0.4 is 21.1 Å². The van der Waals surface area contributed by atoms with Crippen LogP contribution in [0.15, 0.2) is 56.7 Å².